The van der Waals surface area contributed by atoms with Crippen molar-refractivity contribution in [2.45, 2.75) is 0 Å². The molecule has 0 aromatic rings. The van der Waals surface area contributed by atoms with E-state index >= 15 is 0 Å². The Morgan fingerprint density at radius 3 is 2.16 bits per heavy atom. The summed E-state index contributed by atoms with van der Waals surface area (Å²) >= 11 is 0. The van der Waals surface area contributed by atoms with Crippen LogP contribution in [0.3, 0.4) is 0 Å². The van der Waals surface area contributed by atoms with E-state index in [0.717, 1.165) is 26.2 Å². The molecule has 1 heterocycles. The summed E-state index contributed by atoms with van der Waals surface area (Å²) in [5.74, 6) is -1.16. The number of hydrazine groups is 1. The topological polar surface area (TPSA) is 55.9 Å². The van der Waals surface area contributed by atoms with Crippen LogP contribution in [0.5, 0.6) is 0 Å². The highest BCUT2D eigenvalue weighted by Gasteiger charge is 2.23. The van der Waals surface area contributed by atoms with Gasteiger partial charge in [0.2, 0.25) is 0 Å². The fourth-order valence-electron chi connectivity index (χ4n) is 1.81. The Balaban J connectivity index is 2.48. The molecule has 1 rings (SSSR count). The number of nitrogens with zero attached hydrogens (tertiary/aromatic N) is 3. The molecular weight excluding hydrogens is 244 g/mol. The molecule has 1 aliphatic rings. The molecule has 1 fully saturated rings. The summed E-state index contributed by atoms with van der Waals surface area (Å²) in [6.07, 6.45) is 3.18. The first-order valence-electron chi connectivity index (χ1n) is 6.33. The summed E-state index contributed by atoms with van der Waals surface area (Å²) in [5, 5.41) is 1.78. The van der Waals surface area contributed by atoms with E-state index in [9.17, 15) is 9.59 Å². The van der Waals surface area contributed by atoms with Crippen LogP contribution in [0.15, 0.2) is 25.3 Å². The summed E-state index contributed by atoms with van der Waals surface area (Å²) < 4.78 is 0. The number of likely N-dealkylation sites (N-methyl/N-ethyl adjacent to an activating group) is 1. The number of hydrogen-bond acceptors (Lipinski definition) is 4. The molecule has 0 aromatic carbocycles. The third-order valence-electron chi connectivity index (χ3n) is 2.94. The van der Waals surface area contributed by atoms with Crippen molar-refractivity contribution in [1.29, 1.82) is 0 Å². The van der Waals surface area contributed by atoms with Crippen LogP contribution in [0.4, 0.5) is 0 Å². The number of amides is 2. The van der Waals surface area contributed by atoms with Crippen molar-refractivity contribution < 1.29 is 9.59 Å². The molecule has 6 heteroatoms. The van der Waals surface area contributed by atoms with Gasteiger partial charge in [-0.25, -0.2) is 5.01 Å². The number of carbonyl (C=O) groups excluding carboxylic acids is 2. The minimum atomic E-state index is -0.603. The van der Waals surface area contributed by atoms with E-state index in [1.54, 1.807) is 17.2 Å². The highest BCUT2D eigenvalue weighted by Crippen LogP contribution is 1.97. The summed E-state index contributed by atoms with van der Waals surface area (Å²) in [6, 6.07) is 0. The van der Waals surface area contributed by atoms with Crippen LogP contribution in [0.1, 0.15) is 0 Å². The lowest BCUT2D eigenvalue weighted by Crippen LogP contribution is -2.55. The average Bonchev–Trinajstić information content (AvgIpc) is 2.40. The van der Waals surface area contributed by atoms with Gasteiger partial charge in [-0.1, -0.05) is 12.2 Å². The van der Waals surface area contributed by atoms with Crippen LogP contribution in [-0.4, -0.2) is 72.9 Å². The molecule has 0 radical (unpaired) electrons. The molecule has 0 spiro atoms. The fraction of sp³-hybridized carbons (Fsp3) is 0.538. The third kappa shape index (κ3) is 4.84. The zero-order valence-corrected chi connectivity index (χ0v) is 11.5. The van der Waals surface area contributed by atoms with E-state index < -0.39 is 11.8 Å². The highest BCUT2D eigenvalue weighted by molar-refractivity contribution is 6.34. The lowest BCUT2D eigenvalue weighted by atomic mass is 10.4. The number of hydrogen-bond donors (Lipinski definition) is 1. The van der Waals surface area contributed by atoms with Crippen LogP contribution < -0.4 is 5.43 Å². The smallest absolute Gasteiger partial charge is 0.323 e. The maximum absolute atomic E-state index is 11.9. The summed E-state index contributed by atoms with van der Waals surface area (Å²) in [4.78, 5) is 27.4. The first kappa shape index (κ1) is 15.4. The summed E-state index contributed by atoms with van der Waals surface area (Å²) in [6.45, 7) is 11.0. The Kier molecular flexibility index (Phi) is 6.24. The Morgan fingerprint density at radius 2 is 1.68 bits per heavy atom. The molecule has 1 saturated heterocycles. The maximum atomic E-state index is 11.9. The largest absolute Gasteiger partial charge is 0.327 e. The van der Waals surface area contributed by atoms with Gasteiger partial charge in [-0.2, -0.15) is 0 Å². The van der Waals surface area contributed by atoms with Gasteiger partial charge in [-0.3, -0.25) is 15.0 Å². The third-order valence-corrected chi connectivity index (χ3v) is 2.94. The van der Waals surface area contributed by atoms with Gasteiger partial charge in [0.15, 0.2) is 0 Å². The number of carbonyl (C=O) groups is 2. The van der Waals surface area contributed by atoms with Gasteiger partial charge in [0.1, 0.15) is 0 Å². The first-order valence-corrected chi connectivity index (χ1v) is 6.33. The van der Waals surface area contributed by atoms with Gasteiger partial charge >= 0.3 is 11.8 Å². The molecular formula is C13H22N4O2. The van der Waals surface area contributed by atoms with Crippen LogP contribution in [0, 0.1) is 0 Å². The molecule has 1 N–H and O–H groups in total. The Morgan fingerprint density at radius 1 is 1.16 bits per heavy atom. The van der Waals surface area contributed by atoms with Crippen molar-refractivity contribution in [3.05, 3.63) is 25.3 Å². The van der Waals surface area contributed by atoms with Crippen molar-refractivity contribution >= 4 is 11.8 Å². The van der Waals surface area contributed by atoms with Gasteiger partial charge in [-0.05, 0) is 7.05 Å². The van der Waals surface area contributed by atoms with Crippen LogP contribution >= 0.6 is 0 Å². The van der Waals surface area contributed by atoms with Crippen molar-refractivity contribution in [3.63, 3.8) is 0 Å². The second kappa shape index (κ2) is 7.70. The van der Waals surface area contributed by atoms with E-state index in [-0.39, 0.29) is 0 Å². The van der Waals surface area contributed by atoms with Crippen molar-refractivity contribution in [2.75, 3.05) is 46.3 Å². The predicted octanol–water partition coefficient (Wildman–Crippen LogP) is -0.534. The van der Waals surface area contributed by atoms with E-state index in [2.05, 4.69) is 23.5 Å². The zero-order valence-electron chi connectivity index (χ0n) is 11.5. The Hall–Kier alpha value is -1.66. The van der Waals surface area contributed by atoms with E-state index in [1.807, 2.05) is 7.05 Å². The van der Waals surface area contributed by atoms with Crippen LogP contribution in [-0.2, 0) is 9.59 Å². The molecule has 106 valence electrons. The molecule has 0 atom stereocenters. The van der Waals surface area contributed by atoms with Gasteiger partial charge in [-0.15, -0.1) is 13.2 Å². The zero-order chi connectivity index (χ0) is 14.3. The monoisotopic (exact) mass is 266 g/mol. The molecule has 0 unspecified atom stereocenters. The second-order valence-corrected chi connectivity index (χ2v) is 4.52. The maximum Gasteiger partial charge on any atom is 0.323 e. The lowest BCUT2D eigenvalue weighted by Gasteiger charge is -2.32. The minimum absolute atomic E-state index is 0.334. The first-order chi connectivity index (χ1) is 9.08. The fourth-order valence-corrected chi connectivity index (χ4v) is 1.81. The predicted molar refractivity (Wildman–Crippen MR) is 74.2 cm³/mol. The highest BCUT2D eigenvalue weighted by atomic mass is 16.2. The summed E-state index contributed by atoms with van der Waals surface area (Å²) in [5.41, 5.74) is 2.64. The second-order valence-electron chi connectivity index (χ2n) is 4.52. The van der Waals surface area contributed by atoms with Crippen molar-refractivity contribution in [1.82, 2.24) is 20.2 Å². The van der Waals surface area contributed by atoms with E-state index in [4.69, 9.17) is 0 Å². The Bertz CT molecular complexity index is 339. The number of piperazine rings is 1. The van der Waals surface area contributed by atoms with E-state index in [0.29, 0.717) is 13.1 Å². The molecule has 6 nitrogen and oxygen atoms in total. The average molecular weight is 266 g/mol. The normalized spacial score (nSPS) is 16.7. The molecule has 2 amide bonds. The van der Waals surface area contributed by atoms with Gasteiger partial charge in [0.05, 0.1) is 0 Å². The van der Waals surface area contributed by atoms with Crippen molar-refractivity contribution in [3.8, 4) is 0 Å². The number of rotatable bonds is 5. The molecule has 19 heavy (non-hydrogen) atoms. The number of nitrogens with one attached hydrogen (secondary N) is 1. The van der Waals surface area contributed by atoms with Gasteiger partial charge in [0, 0.05) is 39.3 Å². The van der Waals surface area contributed by atoms with Gasteiger partial charge < -0.3 is 9.80 Å². The van der Waals surface area contributed by atoms with Crippen molar-refractivity contribution in [2.24, 2.45) is 0 Å². The molecule has 0 aliphatic carbocycles. The van der Waals surface area contributed by atoms with Crippen LogP contribution in [0.25, 0.3) is 0 Å². The van der Waals surface area contributed by atoms with Gasteiger partial charge in [0.25, 0.3) is 0 Å². The molecule has 0 saturated carbocycles. The van der Waals surface area contributed by atoms with Crippen LogP contribution in [0.2, 0.25) is 0 Å². The lowest BCUT2D eigenvalue weighted by molar-refractivity contribution is -0.148. The summed E-state index contributed by atoms with van der Waals surface area (Å²) in [7, 11) is 2.03. The Labute approximate surface area is 114 Å². The minimum Gasteiger partial charge on any atom is -0.327 e. The SMILES string of the molecule is C=CCN(CC=C)C(=O)C(=O)NN1CCN(C)CC1. The van der Waals surface area contributed by atoms with E-state index in [1.165, 1.54) is 4.90 Å². The molecule has 0 aromatic heterocycles. The quantitative estimate of drug-likeness (QED) is 0.537. The standard InChI is InChI=1S/C13H22N4O2/c1-4-6-16(7-5-2)13(19)12(18)14-17-10-8-15(3)9-11-17/h4-5H,1-2,6-11H2,3H3,(H,14,18). The molecule has 1 aliphatic heterocycles. The molecule has 0 bridgehead atoms.